The van der Waals surface area contributed by atoms with Gasteiger partial charge in [-0.05, 0) is 33.1 Å². The maximum absolute atomic E-state index is 5.31. The lowest BCUT2D eigenvalue weighted by Crippen LogP contribution is -2.42. The van der Waals surface area contributed by atoms with Crippen LogP contribution < -0.4 is 15.4 Å². The van der Waals surface area contributed by atoms with Crippen molar-refractivity contribution in [3.8, 4) is 6.01 Å². The van der Waals surface area contributed by atoms with Crippen LogP contribution in [0.25, 0.3) is 0 Å². The van der Waals surface area contributed by atoms with Crippen LogP contribution in [-0.4, -0.2) is 34.1 Å². The van der Waals surface area contributed by atoms with E-state index in [1.54, 1.807) is 7.05 Å². The van der Waals surface area contributed by atoms with Gasteiger partial charge in [-0.3, -0.25) is 0 Å². The van der Waals surface area contributed by atoms with Gasteiger partial charge in [0, 0.05) is 12.6 Å². The first-order valence-corrected chi connectivity index (χ1v) is 6.00. The smallest absolute Gasteiger partial charge is 0.323 e. The van der Waals surface area contributed by atoms with Crippen LogP contribution in [0.1, 0.15) is 33.1 Å². The number of hydrogen-bond acceptors (Lipinski definition) is 6. The first-order chi connectivity index (χ1) is 8.15. The Labute approximate surface area is 101 Å². The Kier molecular flexibility index (Phi) is 3.31. The molecule has 0 bridgehead atoms. The first-order valence-electron chi connectivity index (χ1n) is 6.00. The molecular formula is C11H19N5O. The number of nitrogens with one attached hydrogen (secondary N) is 2. The Morgan fingerprint density at radius 3 is 2.47 bits per heavy atom. The number of anilines is 2. The quantitative estimate of drug-likeness (QED) is 0.811. The molecule has 0 aliphatic heterocycles. The van der Waals surface area contributed by atoms with Crippen LogP contribution in [-0.2, 0) is 0 Å². The Balaban J connectivity index is 2.16. The molecule has 2 N–H and O–H groups in total. The van der Waals surface area contributed by atoms with E-state index in [0.717, 1.165) is 12.8 Å². The third kappa shape index (κ3) is 2.75. The lowest BCUT2D eigenvalue weighted by molar-refractivity contribution is 0.299. The third-order valence-electron chi connectivity index (χ3n) is 2.98. The Bertz CT molecular complexity index is 391. The van der Waals surface area contributed by atoms with Crippen molar-refractivity contribution in [1.29, 1.82) is 0 Å². The van der Waals surface area contributed by atoms with Crippen LogP contribution >= 0.6 is 0 Å². The summed E-state index contributed by atoms with van der Waals surface area (Å²) in [5.41, 5.74) is 0.121. The molecule has 1 aliphatic rings. The van der Waals surface area contributed by atoms with Crippen LogP contribution in [0.2, 0.25) is 0 Å². The van der Waals surface area contributed by atoms with Gasteiger partial charge in [0.1, 0.15) is 0 Å². The molecule has 2 rings (SSSR count). The maximum Gasteiger partial charge on any atom is 0.323 e. The summed E-state index contributed by atoms with van der Waals surface area (Å²) >= 11 is 0. The average Bonchev–Trinajstić information content (AvgIpc) is 2.27. The Morgan fingerprint density at radius 1 is 1.24 bits per heavy atom. The number of nitrogens with zero attached hydrogens (tertiary/aromatic N) is 3. The third-order valence-corrected chi connectivity index (χ3v) is 2.98. The highest BCUT2D eigenvalue weighted by Gasteiger charge is 2.32. The minimum Gasteiger partial charge on any atom is -0.464 e. The summed E-state index contributed by atoms with van der Waals surface area (Å²) in [4.78, 5) is 12.6. The van der Waals surface area contributed by atoms with Crippen molar-refractivity contribution in [2.45, 2.75) is 38.6 Å². The van der Waals surface area contributed by atoms with Crippen molar-refractivity contribution in [3.63, 3.8) is 0 Å². The van der Waals surface area contributed by atoms with Gasteiger partial charge in [0.25, 0.3) is 0 Å². The minimum atomic E-state index is 0.121. The summed E-state index contributed by atoms with van der Waals surface area (Å²) in [6.45, 7) is 4.63. The Hall–Kier alpha value is -1.59. The Morgan fingerprint density at radius 2 is 1.94 bits per heavy atom. The molecule has 1 saturated carbocycles. The summed E-state index contributed by atoms with van der Waals surface area (Å²) in [5.74, 6) is 1.10. The predicted octanol–water partition coefficient (Wildman–Crippen LogP) is 1.67. The van der Waals surface area contributed by atoms with Gasteiger partial charge < -0.3 is 15.4 Å². The van der Waals surface area contributed by atoms with Gasteiger partial charge in [-0.15, -0.1) is 0 Å². The van der Waals surface area contributed by atoms with Crippen molar-refractivity contribution in [2.24, 2.45) is 0 Å². The first kappa shape index (κ1) is 11.9. The SMILES string of the molecule is CCOc1nc(NC)nc(NC2(C)CCC2)n1. The maximum atomic E-state index is 5.31. The van der Waals surface area contributed by atoms with Gasteiger partial charge in [0.2, 0.25) is 11.9 Å². The zero-order chi connectivity index (χ0) is 12.3. The fourth-order valence-corrected chi connectivity index (χ4v) is 1.82. The molecule has 1 aromatic heterocycles. The van der Waals surface area contributed by atoms with E-state index in [9.17, 15) is 0 Å². The van der Waals surface area contributed by atoms with E-state index in [1.807, 2.05) is 6.92 Å². The fourth-order valence-electron chi connectivity index (χ4n) is 1.82. The summed E-state index contributed by atoms with van der Waals surface area (Å²) in [7, 11) is 1.78. The molecule has 0 atom stereocenters. The van der Waals surface area contributed by atoms with Crippen LogP contribution in [0.5, 0.6) is 6.01 Å². The van der Waals surface area contributed by atoms with Crippen molar-refractivity contribution in [1.82, 2.24) is 15.0 Å². The minimum absolute atomic E-state index is 0.121. The normalized spacial score (nSPS) is 17.1. The number of ether oxygens (including phenoxy) is 1. The van der Waals surface area contributed by atoms with E-state index >= 15 is 0 Å². The molecule has 0 unspecified atom stereocenters. The van der Waals surface area contributed by atoms with E-state index in [2.05, 4.69) is 32.5 Å². The monoisotopic (exact) mass is 237 g/mol. The molecule has 0 saturated heterocycles. The summed E-state index contributed by atoms with van der Waals surface area (Å²) in [5, 5.41) is 6.25. The number of rotatable bonds is 5. The van der Waals surface area contributed by atoms with Crippen LogP contribution in [0, 0.1) is 0 Å². The molecule has 0 radical (unpaired) electrons. The second-order valence-corrected chi connectivity index (χ2v) is 4.49. The van der Waals surface area contributed by atoms with Crippen molar-refractivity contribution in [2.75, 3.05) is 24.3 Å². The lowest BCUT2D eigenvalue weighted by atomic mass is 9.79. The van der Waals surface area contributed by atoms with Crippen LogP contribution in [0.3, 0.4) is 0 Å². The molecular weight excluding hydrogens is 218 g/mol. The topological polar surface area (TPSA) is 72.0 Å². The second kappa shape index (κ2) is 4.73. The number of hydrogen-bond donors (Lipinski definition) is 2. The highest BCUT2D eigenvalue weighted by Crippen LogP contribution is 2.34. The molecule has 6 nitrogen and oxygen atoms in total. The van der Waals surface area contributed by atoms with E-state index in [4.69, 9.17) is 4.74 Å². The van der Waals surface area contributed by atoms with Gasteiger partial charge in [-0.25, -0.2) is 0 Å². The molecule has 0 spiro atoms. The van der Waals surface area contributed by atoms with Crippen molar-refractivity contribution >= 4 is 11.9 Å². The summed E-state index contributed by atoms with van der Waals surface area (Å²) in [6, 6.07) is 0.359. The van der Waals surface area contributed by atoms with Crippen molar-refractivity contribution in [3.05, 3.63) is 0 Å². The molecule has 1 fully saturated rings. The summed E-state index contributed by atoms with van der Waals surface area (Å²) < 4.78 is 5.31. The van der Waals surface area contributed by atoms with Gasteiger partial charge in [0.05, 0.1) is 6.61 Å². The molecule has 6 heteroatoms. The van der Waals surface area contributed by atoms with Gasteiger partial charge in [-0.2, -0.15) is 15.0 Å². The van der Waals surface area contributed by atoms with Gasteiger partial charge in [0.15, 0.2) is 0 Å². The van der Waals surface area contributed by atoms with Gasteiger partial charge >= 0.3 is 6.01 Å². The molecule has 0 amide bonds. The zero-order valence-corrected chi connectivity index (χ0v) is 10.6. The van der Waals surface area contributed by atoms with Crippen LogP contribution in [0.15, 0.2) is 0 Å². The zero-order valence-electron chi connectivity index (χ0n) is 10.6. The second-order valence-electron chi connectivity index (χ2n) is 4.49. The number of aromatic nitrogens is 3. The fraction of sp³-hybridized carbons (Fsp3) is 0.727. The standard InChI is InChI=1S/C11H19N5O/c1-4-17-10-14-8(12-3)13-9(15-10)16-11(2)6-5-7-11/h4-7H2,1-3H3,(H2,12,13,14,15,16). The highest BCUT2D eigenvalue weighted by atomic mass is 16.5. The predicted molar refractivity (Wildman–Crippen MR) is 66.4 cm³/mol. The summed E-state index contributed by atoms with van der Waals surface area (Å²) in [6.07, 6.45) is 3.56. The largest absolute Gasteiger partial charge is 0.464 e. The van der Waals surface area contributed by atoms with Gasteiger partial charge in [-0.1, -0.05) is 0 Å². The van der Waals surface area contributed by atoms with E-state index in [0.29, 0.717) is 24.5 Å². The molecule has 1 aliphatic carbocycles. The average molecular weight is 237 g/mol. The lowest BCUT2D eigenvalue weighted by Gasteiger charge is -2.39. The van der Waals surface area contributed by atoms with Crippen molar-refractivity contribution < 1.29 is 4.74 Å². The van der Waals surface area contributed by atoms with E-state index < -0.39 is 0 Å². The highest BCUT2D eigenvalue weighted by molar-refractivity contribution is 5.38. The molecule has 94 valence electrons. The molecule has 17 heavy (non-hydrogen) atoms. The van der Waals surface area contributed by atoms with Crippen LogP contribution in [0.4, 0.5) is 11.9 Å². The molecule has 1 aromatic rings. The molecule has 1 heterocycles. The molecule has 0 aromatic carbocycles. The van der Waals surface area contributed by atoms with E-state index in [1.165, 1.54) is 6.42 Å². The van der Waals surface area contributed by atoms with E-state index in [-0.39, 0.29) is 5.54 Å².